The Labute approximate surface area is 120 Å². The van der Waals surface area contributed by atoms with Crippen LogP contribution in [0.5, 0.6) is 0 Å². The first-order valence-corrected chi connectivity index (χ1v) is 7.10. The lowest BCUT2D eigenvalue weighted by Crippen LogP contribution is -2.30. The molecule has 0 radical (unpaired) electrons. The molecule has 0 aliphatic heterocycles. The van der Waals surface area contributed by atoms with Crippen molar-refractivity contribution in [3.05, 3.63) is 26.3 Å². The highest BCUT2D eigenvalue weighted by Gasteiger charge is 2.27. The maximum atomic E-state index is 10.8. The topological polar surface area (TPSA) is 94.1 Å². The molecule has 2 atom stereocenters. The number of nitrogens with one attached hydrogen (secondary N) is 1. The Morgan fingerprint density at radius 3 is 3.00 bits per heavy atom. The second kappa shape index (κ2) is 5.83. The van der Waals surface area contributed by atoms with E-state index in [9.17, 15) is 10.1 Å². The lowest BCUT2D eigenvalue weighted by atomic mass is 10.0. The third-order valence-corrected chi connectivity index (χ3v) is 4.69. The smallest absolute Gasteiger partial charge is 0.291 e. The van der Waals surface area contributed by atoms with Crippen molar-refractivity contribution in [1.82, 2.24) is 4.98 Å². The van der Waals surface area contributed by atoms with Crippen molar-refractivity contribution in [2.75, 3.05) is 11.9 Å². The number of hydrogen-bond donors (Lipinski definition) is 2. The van der Waals surface area contributed by atoms with Gasteiger partial charge >= 0.3 is 0 Å². The first-order chi connectivity index (χ1) is 9.04. The molecule has 0 aromatic carbocycles. The molecule has 1 saturated carbocycles. The molecule has 2 rings (SSSR count). The van der Waals surface area contributed by atoms with E-state index < -0.39 is 4.92 Å². The average molecular weight is 329 g/mol. The molecule has 0 saturated heterocycles. The minimum atomic E-state index is -0.421. The molecule has 0 spiro atoms. The Kier molecular flexibility index (Phi) is 4.36. The number of rotatable bonds is 4. The summed E-state index contributed by atoms with van der Waals surface area (Å²) in [7, 11) is 0. The number of pyridine rings is 1. The minimum Gasteiger partial charge on any atom is -0.366 e. The molecule has 7 heteroatoms. The van der Waals surface area contributed by atoms with E-state index >= 15 is 0 Å². The van der Waals surface area contributed by atoms with Crippen LogP contribution in [0.4, 0.5) is 11.5 Å². The van der Waals surface area contributed by atoms with Gasteiger partial charge in [0.2, 0.25) is 0 Å². The van der Waals surface area contributed by atoms with Crippen molar-refractivity contribution in [1.29, 1.82) is 0 Å². The summed E-state index contributed by atoms with van der Waals surface area (Å²) in [5.74, 6) is 1.11. The third-order valence-electron chi connectivity index (χ3n) is 3.72. The van der Waals surface area contributed by atoms with Crippen molar-refractivity contribution in [2.24, 2.45) is 11.7 Å². The van der Waals surface area contributed by atoms with Crippen LogP contribution in [-0.2, 0) is 0 Å². The molecule has 1 fully saturated rings. The highest BCUT2D eigenvalue weighted by molar-refractivity contribution is 9.10. The lowest BCUT2D eigenvalue weighted by Gasteiger charge is -2.21. The number of aromatic nitrogens is 1. The first kappa shape index (κ1) is 14.2. The van der Waals surface area contributed by atoms with E-state index in [1.807, 2.05) is 0 Å². The normalized spacial score (nSPS) is 22.5. The van der Waals surface area contributed by atoms with E-state index in [0.717, 1.165) is 19.3 Å². The molecule has 1 aliphatic rings. The zero-order chi connectivity index (χ0) is 14.0. The maximum Gasteiger partial charge on any atom is 0.291 e. The van der Waals surface area contributed by atoms with Gasteiger partial charge in [-0.15, -0.1) is 0 Å². The molecule has 1 aromatic heterocycles. The zero-order valence-corrected chi connectivity index (χ0v) is 12.3. The number of hydrogen-bond acceptors (Lipinski definition) is 5. The van der Waals surface area contributed by atoms with Crippen LogP contribution in [0.25, 0.3) is 0 Å². The van der Waals surface area contributed by atoms with E-state index in [-0.39, 0.29) is 5.69 Å². The number of nitrogens with two attached hydrogens (primary N) is 1. The van der Waals surface area contributed by atoms with Crippen LogP contribution >= 0.6 is 15.9 Å². The van der Waals surface area contributed by atoms with Gasteiger partial charge in [-0.25, -0.2) is 4.98 Å². The Morgan fingerprint density at radius 2 is 2.37 bits per heavy atom. The summed E-state index contributed by atoms with van der Waals surface area (Å²) in [6, 6.07) is 0.301. The molecule has 19 heavy (non-hydrogen) atoms. The van der Waals surface area contributed by atoms with Crippen LogP contribution < -0.4 is 11.1 Å². The summed E-state index contributed by atoms with van der Waals surface area (Å²) in [6.45, 7) is 2.37. The predicted molar refractivity (Wildman–Crippen MR) is 77.1 cm³/mol. The largest absolute Gasteiger partial charge is 0.366 e. The Bertz CT molecular complexity index is 495. The second-order valence-corrected chi connectivity index (χ2v) is 5.66. The molecule has 1 aliphatic carbocycles. The van der Waals surface area contributed by atoms with Crippen molar-refractivity contribution in [3.8, 4) is 0 Å². The van der Waals surface area contributed by atoms with Crippen molar-refractivity contribution >= 4 is 27.4 Å². The predicted octanol–water partition coefficient (Wildman–Crippen LogP) is 2.60. The van der Waals surface area contributed by atoms with E-state index in [1.54, 1.807) is 6.92 Å². The summed E-state index contributed by atoms with van der Waals surface area (Å²) in [5.41, 5.74) is 6.36. The van der Waals surface area contributed by atoms with Gasteiger partial charge in [-0.3, -0.25) is 10.1 Å². The van der Waals surface area contributed by atoms with E-state index in [0.29, 0.717) is 34.4 Å². The third kappa shape index (κ3) is 2.87. The molecule has 2 unspecified atom stereocenters. The summed E-state index contributed by atoms with van der Waals surface area (Å²) < 4.78 is 0.657. The fourth-order valence-corrected chi connectivity index (χ4v) is 2.96. The maximum absolute atomic E-state index is 10.8. The Balaban J connectivity index is 2.22. The number of halogens is 1. The Hall–Kier alpha value is -1.21. The SMILES string of the molecule is Cc1c([N+](=O)[O-])cnc(NC2CCCC2CN)c1Br. The van der Waals surface area contributed by atoms with Crippen LogP contribution in [0, 0.1) is 23.0 Å². The minimum absolute atomic E-state index is 0.0271. The lowest BCUT2D eigenvalue weighted by molar-refractivity contribution is -0.385. The number of anilines is 1. The van der Waals surface area contributed by atoms with Crippen LogP contribution in [0.1, 0.15) is 24.8 Å². The molecule has 1 heterocycles. The molecule has 6 nitrogen and oxygen atoms in total. The molecular formula is C12H17BrN4O2. The standard InChI is InChI=1S/C12H17BrN4O2/c1-7-10(17(18)19)6-15-12(11(7)13)16-9-4-2-3-8(9)5-14/h6,8-9H,2-5,14H2,1H3,(H,15,16). The molecule has 0 amide bonds. The zero-order valence-electron chi connectivity index (χ0n) is 10.7. The van der Waals surface area contributed by atoms with Crippen LogP contribution in [0.2, 0.25) is 0 Å². The monoisotopic (exact) mass is 328 g/mol. The van der Waals surface area contributed by atoms with Gasteiger partial charge < -0.3 is 11.1 Å². The van der Waals surface area contributed by atoms with Gasteiger partial charge in [0.25, 0.3) is 5.69 Å². The fourth-order valence-electron chi connectivity index (χ4n) is 2.54. The summed E-state index contributed by atoms with van der Waals surface area (Å²) in [6.07, 6.45) is 4.64. The molecule has 1 aromatic rings. The van der Waals surface area contributed by atoms with Gasteiger partial charge in [0.05, 0.1) is 9.40 Å². The van der Waals surface area contributed by atoms with E-state index in [4.69, 9.17) is 5.73 Å². The molecule has 0 bridgehead atoms. The van der Waals surface area contributed by atoms with Gasteiger partial charge in [0.1, 0.15) is 12.0 Å². The summed E-state index contributed by atoms with van der Waals surface area (Å²) >= 11 is 3.39. The second-order valence-electron chi connectivity index (χ2n) is 4.87. The first-order valence-electron chi connectivity index (χ1n) is 6.30. The van der Waals surface area contributed by atoms with Crippen molar-refractivity contribution in [2.45, 2.75) is 32.2 Å². The van der Waals surface area contributed by atoms with Crippen LogP contribution in [0.15, 0.2) is 10.7 Å². The van der Waals surface area contributed by atoms with Crippen LogP contribution in [0.3, 0.4) is 0 Å². The molecular weight excluding hydrogens is 312 g/mol. The summed E-state index contributed by atoms with van der Waals surface area (Å²) in [4.78, 5) is 14.6. The quantitative estimate of drug-likeness (QED) is 0.654. The van der Waals surface area contributed by atoms with Gasteiger partial charge in [-0.2, -0.15) is 0 Å². The summed E-state index contributed by atoms with van der Waals surface area (Å²) in [5, 5.41) is 14.2. The van der Waals surface area contributed by atoms with Gasteiger partial charge in [-0.1, -0.05) is 6.42 Å². The van der Waals surface area contributed by atoms with Crippen molar-refractivity contribution in [3.63, 3.8) is 0 Å². The van der Waals surface area contributed by atoms with Crippen molar-refractivity contribution < 1.29 is 4.92 Å². The Morgan fingerprint density at radius 1 is 1.63 bits per heavy atom. The number of nitro groups is 1. The van der Waals surface area contributed by atoms with Gasteiger partial charge in [-0.05, 0) is 48.2 Å². The van der Waals surface area contributed by atoms with Crippen LogP contribution in [-0.4, -0.2) is 22.5 Å². The van der Waals surface area contributed by atoms with E-state index in [2.05, 4.69) is 26.2 Å². The van der Waals surface area contributed by atoms with Gasteiger partial charge in [0, 0.05) is 11.6 Å². The fraction of sp³-hybridized carbons (Fsp3) is 0.583. The highest BCUT2D eigenvalue weighted by Crippen LogP contribution is 2.33. The van der Waals surface area contributed by atoms with E-state index in [1.165, 1.54) is 6.20 Å². The average Bonchev–Trinajstić information content (AvgIpc) is 2.82. The number of nitrogens with zero attached hydrogens (tertiary/aromatic N) is 2. The highest BCUT2D eigenvalue weighted by atomic mass is 79.9. The van der Waals surface area contributed by atoms with Gasteiger partial charge in [0.15, 0.2) is 0 Å². The molecule has 3 N–H and O–H groups in total. The molecule has 104 valence electrons.